The second kappa shape index (κ2) is 4.88. The van der Waals surface area contributed by atoms with Gasteiger partial charge in [-0.25, -0.2) is 0 Å². The van der Waals surface area contributed by atoms with Crippen molar-refractivity contribution >= 4 is 0 Å². The van der Waals surface area contributed by atoms with Crippen LogP contribution >= 0.6 is 0 Å². The Morgan fingerprint density at radius 1 is 1.06 bits per heavy atom. The van der Waals surface area contributed by atoms with Gasteiger partial charge in [-0.15, -0.1) is 0 Å². The lowest BCUT2D eigenvalue weighted by atomic mass is 10.0. The van der Waals surface area contributed by atoms with E-state index in [9.17, 15) is 5.11 Å². The lowest BCUT2D eigenvalue weighted by Gasteiger charge is -2.26. The molecule has 1 fully saturated rings. The molecule has 0 saturated carbocycles. The van der Waals surface area contributed by atoms with E-state index in [4.69, 9.17) is 0 Å². The minimum Gasteiger partial charge on any atom is -0.508 e. The SMILES string of the molecule is Cc1cc(O)c(CN2CCCCC2)cc1C. The van der Waals surface area contributed by atoms with E-state index in [1.54, 1.807) is 0 Å². The molecule has 1 aliphatic heterocycles. The third kappa shape index (κ3) is 2.56. The standard InChI is InChI=1S/C14H21NO/c1-11-8-13(14(16)9-12(11)2)10-15-6-4-3-5-7-15/h8-9,16H,3-7,10H2,1-2H3. The second-order valence-electron chi connectivity index (χ2n) is 4.90. The molecular weight excluding hydrogens is 198 g/mol. The van der Waals surface area contributed by atoms with Crippen molar-refractivity contribution in [3.8, 4) is 5.75 Å². The highest BCUT2D eigenvalue weighted by Gasteiger charge is 2.13. The number of aromatic hydroxyl groups is 1. The third-order valence-electron chi connectivity index (χ3n) is 3.54. The smallest absolute Gasteiger partial charge is 0.120 e. The highest BCUT2D eigenvalue weighted by Crippen LogP contribution is 2.24. The lowest BCUT2D eigenvalue weighted by molar-refractivity contribution is 0.218. The summed E-state index contributed by atoms with van der Waals surface area (Å²) >= 11 is 0. The average Bonchev–Trinajstić information content (AvgIpc) is 2.27. The number of hydrogen-bond acceptors (Lipinski definition) is 2. The van der Waals surface area contributed by atoms with Crippen LogP contribution in [-0.4, -0.2) is 23.1 Å². The maximum absolute atomic E-state index is 9.92. The Morgan fingerprint density at radius 3 is 2.38 bits per heavy atom. The second-order valence-corrected chi connectivity index (χ2v) is 4.90. The molecule has 0 bridgehead atoms. The fourth-order valence-corrected chi connectivity index (χ4v) is 2.35. The van der Waals surface area contributed by atoms with E-state index in [-0.39, 0.29) is 0 Å². The number of phenolic OH excluding ortho intramolecular Hbond substituents is 1. The molecule has 2 heteroatoms. The Kier molecular flexibility index (Phi) is 3.49. The molecule has 0 spiro atoms. The van der Waals surface area contributed by atoms with Crippen LogP contribution in [0.2, 0.25) is 0 Å². The van der Waals surface area contributed by atoms with Crippen molar-refractivity contribution in [1.29, 1.82) is 0 Å². The van der Waals surface area contributed by atoms with E-state index in [1.165, 1.54) is 43.5 Å². The summed E-state index contributed by atoms with van der Waals surface area (Å²) in [5, 5.41) is 9.92. The summed E-state index contributed by atoms with van der Waals surface area (Å²) < 4.78 is 0. The highest BCUT2D eigenvalue weighted by atomic mass is 16.3. The van der Waals surface area contributed by atoms with Gasteiger partial charge in [0.2, 0.25) is 0 Å². The number of rotatable bonds is 2. The van der Waals surface area contributed by atoms with Gasteiger partial charge in [-0.2, -0.15) is 0 Å². The fourth-order valence-electron chi connectivity index (χ4n) is 2.35. The minimum absolute atomic E-state index is 0.452. The zero-order chi connectivity index (χ0) is 11.5. The van der Waals surface area contributed by atoms with Crippen LogP contribution in [0, 0.1) is 13.8 Å². The first kappa shape index (κ1) is 11.5. The van der Waals surface area contributed by atoms with Gasteiger partial charge in [0.15, 0.2) is 0 Å². The molecule has 0 aromatic heterocycles. The Labute approximate surface area is 97.9 Å². The largest absolute Gasteiger partial charge is 0.508 e. The van der Waals surface area contributed by atoms with Crippen molar-refractivity contribution in [3.05, 3.63) is 28.8 Å². The molecule has 1 aromatic rings. The number of piperidine rings is 1. The summed E-state index contributed by atoms with van der Waals surface area (Å²) in [6.45, 7) is 7.39. The normalized spacial score (nSPS) is 17.6. The van der Waals surface area contributed by atoms with Crippen LogP contribution in [0.5, 0.6) is 5.75 Å². The number of hydrogen-bond donors (Lipinski definition) is 1. The summed E-state index contributed by atoms with van der Waals surface area (Å²) in [7, 11) is 0. The van der Waals surface area contributed by atoms with Gasteiger partial charge in [0.25, 0.3) is 0 Å². The van der Waals surface area contributed by atoms with Crippen molar-refractivity contribution in [1.82, 2.24) is 4.90 Å². The molecule has 1 heterocycles. The summed E-state index contributed by atoms with van der Waals surface area (Å²) in [5.74, 6) is 0.452. The van der Waals surface area contributed by atoms with Gasteiger partial charge < -0.3 is 5.11 Å². The van der Waals surface area contributed by atoms with Crippen LogP contribution in [-0.2, 0) is 6.54 Å². The maximum Gasteiger partial charge on any atom is 0.120 e. The fraction of sp³-hybridized carbons (Fsp3) is 0.571. The van der Waals surface area contributed by atoms with E-state index in [0.29, 0.717) is 5.75 Å². The number of nitrogens with zero attached hydrogens (tertiary/aromatic N) is 1. The number of benzene rings is 1. The zero-order valence-electron chi connectivity index (χ0n) is 10.3. The van der Waals surface area contributed by atoms with Gasteiger partial charge in [0.1, 0.15) is 5.75 Å². The molecule has 0 atom stereocenters. The molecule has 0 unspecified atom stereocenters. The first-order valence-electron chi connectivity index (χ1n) is 6.18. The maximum atomic E-state index is 9.92. The van der Waals surface area contributed by atoms with Crippen molar-refractivity contribution in [2.45, 2.75) is 39.7 Å². The van der Waals surface area contributed by atoms with Gasteiger partial charge in [-0.3, -0.25) is 4.90 Å². The zero-order valence-corrected chi connectivity index (χ0v) is 10.3. The number of phenols is 1. The first-order valence-corrected chi connectivity index (χ1v) is 6.18. The molecule has 0 radical (unpaired) electrons. The molecule has 0 amide bonds. The predicted molar refractivity (Wildman–Crippen MR) is 66.7 cm³/mol. The van der Waals surface area contributed by atoms with Gasteiger partial charge in [0.05, 0.1) is 0 Å². The minimum atomic E-state index is 0.452. The monoisotopic (exact) mass is 219 g/mol. The summed E-state index contributed by atoms with van der Waals surface area (Å²) in [6.07, 6.45) is 3.95. The van der Waals surface area contributed by atoms with E-state index in [1.807, 2.05) is 13.0 Å². The Hall–Kier alpha value is -1.02. The quantitative estimate of drug-likeness (QED) is 0.826. The summed E-state index contributed by atoms with van der Waals surface area (Å²) in [6, 6.07) is 4.01. The third-order valence-corrected chi connectivity index (χ3v) is 3.54. The predicted octanol–water partition coefficient (Wildman–Crippen LogP) is 2.99. The van der Waals surface area contributed by atoms with Gasteiger partial charge >= 0.3 is 0 Å². The molecule has 0 aliphatic carbocycles. The summed E-state index contributed by atoms with van der Waals surface area (Å²) in [4.78, 5) is 2.44. The molecular formula is C14H21NO. The van der Waals surface area contributed by atoms with Crippen molar-refractivity contribution < 1.29 is 5.11 Å². The van der Waals surface area contributed by atoms with Crippen LogP contribution in [0.3, 0.4) is 0 Å². The van der Waals surface area contributed by atoms with E-state index in [0.717, 1.165) is 12.1 Å². The summed E-state index contributed by atoms with van der Waals surface area (Å²) in [5.41, 5.74) is 3.51. The van der Waals surface area contributed by atoms with Crippen LogP contribution < -0.4 is 0 Å². The molecule has 1 aromatic carbocycles. The topological polar surface area (TPSA) is 23.5 Å². The van der Waals surface area contributed by atoms with E-state index in [2.05, 4.69) is 17.9 Å². The molecule has 1 saturated heterocycles. The van der Waals surface area contributed by atoms with Crippen molar-refractivity contribution in [2.24, 2.45) is 0 Å². The molecule has 1 N–H and O–H groups in total. The lowest BCUT2D eigenvalue weighted by Crippen LogP contribution is -2.29. The van der Waals surface area contributed by atoms with Crippen LogP contribution in [0.4, 0.5) is 0 Å². The molecule has 2 nitrogen and oxygen atoms in total. The Bertz CT molecular complexity index is 367. The highest BCUT2D eigenvalue weighted by molar-refractivity contribution is 5.40. The van der Waals surface area contributed by atoms with Crippen molar-refractivity contribution in [2.75, 3.05) is 13.1 Å². The molecule has 1 aliphatic rings. The Balaban J connectivity index is 2.11. The molecule has 2 rings (SSSR count). The molecule has 88 valence electrons. The van der Waals surface area contributed by atoms with Crippen LogP contribution in [0.1, 0.15) is 36.0 Å². The molecule has 16 heavy (non-hydrogen) atoms. The number of likely N-dealkylation sites (tertiary alicyclic amines) is 1. The Morgan fingerprint density at radius 2 is 1.69 bits per heavy atom. The van der Waals surface area contributed by atoms with Gasteiger partial charge in [-0.05, 0) is 57.0 Å². The van der Waals surface area contributed by atoms with Gasteiger partial charge in [0, 0.05) is 12.1 Å². The van der Waals surface area contributed by atoms with Crippen LogP contribution in [0.15, 0.2) is 12.1 Å². The number of aryl methyl sites for hydroxylation is 2. The first-order chi connectivity index (χ1) is 7.66. The average molecular weight is 219 g/mol. The van der Waals surface area contributed by atoms with E-state index < -0.39 is 0 Å². The van der Waals surface area contributed by atoms with Crippen LogP contribution in [0.25, 0.3) is 0 Å². The van der Waals surface area contributed by atoms with Crippen molar-refractivity contribution in [3.63, 3.8) is 0 Å². The van der Waals surface area contributed by atoms with E-state index >= 15 is 0 Å². The van der Waals surface area contributed by atoms with Gasteiger partial charge in [-0.1, -0.05) is 12.5 Å².